The van der Waals surface area contributed by atoms with Gasteiger partial charge in [0.2, 0.25) is 11.8 Å². The number of hydrogen-bond acceptors (Lipinski definition) is 7. The maximum atomic E-state index is 13.6. The number of amides is 3. The highest BCUT2D eigenvalue weighted by Gasteiger charge is 2.40. The highest BCUT2D eigenvalue weighted by atomic mass is 32.2. The van der Waals surface area contributed by atoms with Crippen LogP contribution in [0.25, 0.3) is 10.9 Å². The van der Waals surface area contributed by atoms with Crippen molar-refractivity contribution in [2.45, 2.75) is 23.9 Å². The van der Waals surface area contributed by atoms with Crippen molar-refractivity contribution in [2.75, 3.05) is 47.0 Å². The maximum absolute atomic E-state index is 13.6. The number of carbonyl (C=O) groups excluding carboxylic acids is 2. The fourth-order valence-corrected chi connectivity index (χ4v) is 6.18. The number of hydrogen-bond donors (Lipinski definition) is 3. The Bertz CT molecular complexity index is 1420. The van der Waals surface area contributed by atoms with E-state index in [0.717, 1.165) is 5.70 Å². The van der Waals surface area contributed by atoms with E-state index >= 15 is 0 Å². The van der Waals surface area contributed by atoms with Gasteiger partial charge in [0.15, 0.2) is 6.73 Å². The van der Waals surface area contributed by atoms with Gasteiger partial charge in [-0.05, 0) is 24.3 Å². The van der Waals surface area contributed by atoms with E-state index in [1.807, 2.05) is 0 Å². The van der Waals surface area contributed by atoms with E-state index in [1.54, 1.807) is 43.3 Å². The number of terminal acetylenes is 1. The van der Waals surface area contributed by atoms with Crippen LogP contribution < -0.4 is 10.7 Å². The van der Waals surface area contributed by atoms with Crippen LogP contribution in [0.2, 0.25) is 0 Å². The summed E-state index contributed by atoms with van der Waals surface area (Å²) >= 11 is 0. The van der Waals surface area contributed by atoms with Crippen LogP contribution in [0.15, 0.2) is 40.9 Å². The lowest BCUT2D eigenvalue weighted by Crippen LogP contribution is -2.62. The molecule has 1 aromatic heterocycles. The van der Waals surface area contributed by atoms with Crippen LogP contribution in [0.3, 0.4) is 0 Å². The Hall–Kier alpha value is -3.89. The van der Waals surface area contributed by atoms with Gasteiger partial charge in [0.1, 0.15) is 5.03 Å². The predicted molar refractivity (Wildman–Crippen MR) is 135 cm³/mol. The van der Waals surface area contributed by atoms with Crippen LogP contribution in [0.5, 0.6) is 0 Å². The second-order valence-electron chi connectivity index (χ2n) is 9.35. The first-order chi connectivity index (χ1) is 17.7. The quantitative estimate of drug-likeness (QED) is 0.490. The van der Waals surface area contributed by atoms with E-state index in [9.17, 15) is 18.0 Å². The number of carbonyl (C=O) groups is 2. The fraction of sp³-hybridized carbons (Fsp3) is 0.417. The average Bonchev–Trinajstić information content (AvgIpc) is 3.54. The van der Waals surface area contributed by atoms with Crippen molar-refractivity contribution in [1.29, 1.82) is 0 Å². The Balaban J connectivity index is 1.38. The van der Waals surface area contributed by atoms with Crippen LogP contribution in [-0.2, 0) is 19.6 Å². The van der Waals surface area contributed by atoms with E-state index in [2.05, 4.69) is 21.6 Å². The van der Waals surface area contributed by atoms with Gasteiger partial charge in [-0.25, -0.2) is 18.2 Å². The second kappa shape index (κ2) is 9.53. The fourth-order valence-electron chi connectivity index (χ4n) is 4.69. The molecule has 1 atom stereocenters. The monoisotopic (exact) mass is 527 g/mol. The number of piperazine rings is 1. The third-order valence-corrected chi connectivity index (χ3v) is 8.60. The molecule has 0 bridgehead atoms. The number of aromatic nitrogens is 1. The third kappa shape index (κ3) is 4.65. The summed E-state index contributed by atoms with van der Waals surface area (Å²) in [5.41, 5.74) is 5.20. The predicted octanol–water partition coefficient (Wildman–Crippen LogP) is 0.379. The summed E-state index contributed by atoms with van der Waals surface area (Å²) in [6.07, 6.45) is 6.06. The minimum Gasteiger partial charge on any atom is -0.456 e. The third-order valence-electron chi connectivity index (χ3n) is 6.81. The van der Waals surface area contributed by atoms with Crippen molar-refractivity contribution >= 4 is 32.9 Å². The van der Waals surface area contributed by atoms with E-state index in [1.165, 1.54) is 14.2 Å². The van der Waals surface area contributed by atoms with E-state index in [0.29, 0.717) is 42.0 Å². The SMILES string of the molecule is C#Cc1ccc2[nH]c(S(=O)(=O)N3CCN(C(=O)N4CCC5=C(N4)OCN5)C(CC(=O)N(C)C)C3)cc2c1. The lowest BCUT2D eigenvalue weighted by atomic mass is 10.1. The van der Waals surface area contributed by atoms with Crippen LogP contribution >= 0.6 is 0 Å². The largest absolute Gasteiger partial charge is 0.456 e. The molecule has 0 radical (unpaired) electrons. The van der Waals surface area contributed by atoms with Gasteiger partial charge in [-0.1, -0.05) is 5.92 Å². The van der Waals surface area contributed by atoms with Gasteiger partial charge < -0.3 is 24.8 Å². The molecular weight excluding hydrogens is 498 g/mol. The molecule has 0 saturated carbocycles. The molecule has 4 heterocycles. The number of nitrogens with zero attached hydrogens (tertiary/aromatic N) is 4. The van der Waals surface area contributed by atoms with Crippen LogP contribution in [0.1, 0.15) is 18.4 Å². The number of ether oxygens (including phenoxy) is 1. The summed E-state index contributed by atoms with van der Waals surface area (Å²) < 4.78 is 34.0. The van der Waals surface area contributed by atoms with Gasteiger partial charge in [0.25, 0.3) is 10.0 Å². The molecule has 3 N–H and O–H groups in total. The van der Waals surface area contributed by atoms with Crippen LogP contribution in [0, 0.1) is 12.3 Å². The van der Waals surface area contributed by atoms with Crippen molar-refractivity contribution in [3.63, 3.8) is 0 Å². The molecule has 0 aliphatic carbocycles. The molecule has 3 amide bonds. The Morgan fingerprint density at radius 3 is 2.78 bits per heavy atom. The van der Waals surface area contributed by atoms with Crippen molar-refractivity contribution in [3.05, 3.63) is 41.4 Å². The van der Waals surface area contributed by atoms with Crippen LogP contribution in [-0.4, -0.2) is 97.5 Å². The molecule has 3 aliphatic rings. The normalized spacial score (nSPS) is 20.1. The molecule has 3 aliphatic heterocycles. The zero-order valence-electron chi connectivity index (χ0n) is 20.7. The number of benzene rings is 1. The maximum Gasteiger partial charge on any atom is 0.339 e. The van der Waals surface area contributed by atoms with Gasteiger partial charge in [0, 0.05) is 69.6 Å². The Morgan fingerprint density at radius 2 is 2.03 bits per heavy atom. The summed E-state index contributed by atoms with van der Waals surface area (Å²) in [6, 6.07) is 5.81. The number of rotatable bonds is 4. The second-order valence-corrected chi connectivity index (χ2v) is 11.3. The molecule has 1 saturated heterocycles. The lowest BCUT2D eigenvalue weighted by Gasteiger charge is -2.43. The minimum atomic E-state index is -3.92. The smallest absolute Gasteiger partial charge is 0.339 e. The first-order valence-electron chi connectivity index (χ1n) is 11.9. The molecule has 0 spiro atoms. The lowest BCUT2D eigenvalue weighted by molar-refractivity contribution is -0.130. The molecule has 5 rings (SSSR count). The molecule has 2 aromatic rings. The van der Waals surface area contributed by atoms with Crippen molar-refractivity contribution in [2.24, 2.45) is 0 Å². The summed E-state index contributed by atoms with van der Waals surface area (Å²) in [7, 11) is -0.659. The van der Waals surface area contributed by atoms with Gasteiger partial charge >= 0.3 is 6.03 Å². The number of hydrazine groups is 1. The van der Waals surface area contributed by atoms with Crippen molar-refractivity contribution < 1.29 is 22.7 Å². The molecule has 196 valence electrons. The molecular formula is C24H29N7O5S. The highest BCUT2D eigenvalue weighted by molar-refractivity contribution is 7.89. The van der Waals surface area contributed by atoms with E-state index < -0.39 is 16.1 Å². The van der Waals surface area contributed by atoms with Gasteiger partial charge in [-0.2, -0.15) is 4.31 Å². The van der Waals surface area contributed by atoms with Crippen molar-refractivity contribution in [1.82, 2.24) is 34.8 Å². The summed E-state index contributed by atoms with van der Waals surface area (Å²) in [5.74, 6) is 2.86. The summed E-state index contributed by atoms with van der Waals surface area (Å²) in [6.45, 7) is 0.960. The number of sulfonamides is 1. The van der Waals surface area contributed by atoms with Gasteiger partial charge in [0.05, 0.1) is 11.7 Å². The summed E-state index contributed by atoms with van der Waals surface area (Å²) in [5, 5.41) is 5.28. The molecule has 12 nitrogen and oxygen atoms in total. The topological polar surface area (TPSA) is 130 Å². The molecule has 37 heavy (non-hydrogen) atoms. The number of nitrogens with one attached hydrogen (secondary N) is 3. The molecule has 1 fully saturated rings. The highest BCUT2D eigenvalue weighted by Crippen LogP contribution is 2.26. The van der Waals surface area contributed by atoms with Crippen LogP contribution in [0.4, 0.5) is 4.79 Å². The van der Waals surface area contributed by atoms with Crippen molar-refractivity contribution in [3.8, 4) is 12.3 Å². The number of aromatic amines is 1. The number of fused-ring (bicyclic) bond motifs is 1. The number of urea groups is 1. The standard InChI is InChI=1S/C24H29N7O5S/c1-4-16-5-6-19-17(11-16)12-21(26-19)37(34,35)29-9-10-30(18(14-29)13-22(32)28(2)3)24(33)31-8-7-20-23(27-31)36-15-25-20/h1,5-6,11-12,18,25-27H,7-10,13-15H2,2-3H3. The van der Waals surface area contributed by atoms with Gasteiger partial charge in [-0.3, -0.25) is 10.2 Å². The minimum absolute atomic E-state index is 0.0111. The molecule has 13 heteroatoms. The molecule has 1 aromatic carbocycles. The Morgan fingerprint density at radius 1 is 1.22 bits per heavy atom. The molecule has 1 unspecified atom stereocenters. The van der Waals surface area contributed by atoms with Gasteiger partial charge in [-0.15, -0.1) is 6.42 Å². The number of H-pyrrole nitrogens is 1. The zero-order valence-corrected chi connectivity index (χ0v) is 21.5. The Kier molecular flexibility index (Phi) is 6.38. The average molecular weight is 528 g/mol. The van der Waals surface area contributed by atoms with E-state index in [-0.39, 0.29) is 43.0 Å². The zero-order chi connectivity index (χ0) is 26.3. The first kappa shape index (κ1) is 24.8. The summed E-state index contributed by atoms with van der Waals surface area (Å²) in [4.78, 5) is 32.1. The first-order valence-corrected chi connectivity index (χ1v) is 13.4. The Labute approximate surface area is 215 Å². The van der Waals surface area contributed by atoms with E-state index in [4.69, 9.17) is 11.2 Å².